The summed E-state index contributed by atoms with van der Waals surface area (Å²) in [6.07, 6.45) is 0. The Balaban J connectivity index is 1.29. The molecule has 9 aromatic rings. The summed E-state index contributed by atoms with van der Waals surface area (Å²) < 4.78 is 14.1. The Kier molecular flexibility index (Phi) is 7.23. The molecule has 3 heterocycles. The van der Waals surface area contributed by atoms with Gasteiger partial charge in [-0.05, 0) is 129 Å². The fourth-order valence-corrected chi connectivity index (χ4v) is 8.55. The van der Waals surface area contributed by atoms with Gasteiger partial charge in [0.25, 0.3) is 0 Å². The van der Waals surface area contributed by atoms with E-state index in [4.69, 9.17) is 0 Å². The van der Waals surface area contributed by atoms with Crippen molar-refractivity contribution in [1.82, 2.24) is 14.1 Å². The molecule has 0 aliphatic rings. The maximum Gasteiger partial charge on any atom is 0.167 e. The minimum absolute atomic E-state index is 0.0386. The second-order valence-corrected chi connectivity index (χ2v) is 20.1. The van der Waals surface area contributed by atoms with Gasteiger partial charge in [0.1, 0.15) is 0 Å². The number of benzene rings is 6. The van der Waals surface area contributed by atoms with Crippen LogP contribution in [0.4, 0.5) is 0 Å². The van der Waals surface area contributed by atoms with Gasteiger partial charge in [0.2, 0.25) is 0 Å². The zero-order chi connectivity index (χ0) is 39.9. The lowest BCUT2D eigenvalue weighted by Gasteiger charge is -2.19. The van der Waals surface area contributed by atoms with Crippen molar-refractivity contribution in [3.63, 3.8) is 0 Å². The van der Waals surface area contributed by atoms with Crippen LogP contribution in [0.3, 0.4) is 0 Å². The van der Waals surface area contributed by atoms with Crippen LogP contribution in [0.15, 0.2) is 109 Å². The number of nitrogens with zero attached hydrogens (tertiary/aromatic N) is 2. The molecule has 0 unspecified atom stereocenters. The molecule has 9 rings (SSSR count). The number of fused-ring (bicyclic) bond motifs is 9. The minimum atomic E-state index is 0.0386. The monoisotopic (exact) mass is 722 g/mol. The van der Waals surface area contributed by atoms with Crippen LogP contribution >= 0.6 is 0 Å². The summed E-state index contributed by atoms with van der Waals surface area (Å²) in [6, 6.07) is 41.3. The first kappa shape index (κ1) is 34.2. The first-order chi connectivity index (χ1) is 26.2. The van der Waals surface area contributed by atoms with E-state index in [1.54, 1.807) is 4.98 Å². The zero-order valence-corrected chi connectivity index (χ0v) is 34.7. The Morgan fingerprint density at radius 2 is 0.618 bits per heavy atom. The van der Waals surface area contributed by atoms with Crippen molar-refractivity contribution >= 4 is 65.4 Å². The SMILES string of the molecule is [2H]n1c2ccc(-n3c4ccc(C(C)(C)C)cc4c4cc(C(C)(C)C)ccc43)cc2c2cc(-n3c4ccc(C(C)(C)C)cc4c4cc(C(C)(C)C)ccc43)ccc21. The summed E-state index contributed by atoms with van der Waals surface area (Å²) in [5, 5.41) is 7.26. The lowest BCUT2D eigenvalue weighted by Crippen LogP contribution is -2.10. The van der Waals surface area contributed by atoms with E-state index in [0.717, 1.165) is 33.2 Å². The molecular weight excluding hydrogens is 667 g/mol. The van der Waals surface area contributed by atoms with Crippen molar-refractivity contribution in [2.24, 2.45) is 0 Å². The summed E-state index contributed by atoms with van der Waals surface area (Å²) in [4.78, 5) is 1.60. The van der Waals surface area contributed by atoms with Gasteiger partial charge in [-0.25, -0.2) is 0 Å². The molecule has 0 atom stereocenters. The fraction of sp³-hybridized carbons (Fsp3) is 0.308. The van der Waals surface area contributed by atoms with Crippen LogP contribution in [0.5, 0.6) is 0 Å². The van der Waals surface area contributed by atoms with Crippen LogP contribution in [-0.4, -0.2) is 14.1 Å². The summed E-state index contributed by atoms with van der Waals surface area (Å²) in [5.74, 6) is 0. The molecule has 0 saturated heterocycles. The quantitative estimate of drug-likeness (QED) is 0.184. The number of H-pyrrole nitrogens is 1. The highest BCUT2D eigenvalue weighted by molar-refractivity contribution is 6.13. The predicted octanol–water partition coefficient (Wildman–Crippen LogP) is 14.7. The van der Waals surface area contributed by atoms with Gasteiger partial charge in [-0.2, -0.15) is 0 Å². The van der Waals surface area contributed by atoms with E-state index in [-0.39, 0.29) is 21.7 Å². The third kappa shape index (κ3) is 5.69. The maximum absolute atomic E-state index is 9.26. The molecule has 0 fully saturated rings. The van der Waals surface area contributed by atoms with E-state index in [9.17, 15) is 1.41 Å². The van der Waals surface area contributed by atoms with Crippen molar-refractivity contribution in [2.75, 3.05) is 0 Å². The van der Waals surface area contributed by atoms with Crippen LogP contribution in [0.2, 0.25) is 1.41 Å². The average Bonchev–Trinajstić information content (AvgIpc) is 3.73. The van der Waals surface area contributed by atoms with E-state index in [2.05, 4.69) is 201 Å². The van der Waals surface area contributed by atoms with Gasteiger partial charge in [-0.1, -0.05) is 107 Å². The normalized spacial score (nSPS) is 13.7. The highest BCUT2D eigenvalue weighted by Crippen LogP contribution is 2.41. The van der Waals surface area contributed by atoms with Gasteiger partial charge in [-0.15, -0.1) is 0 Å². The number of rotatable bonds is 2. The topological polar surface area (TPSA) is 25.6 Å². The Morgan fingerprint density at radius 3 is 0.873 bits per heavy atom. The molecule has 0 saturated carbocycles. The van der Waals surface area contributed by atoms with Gasteiger partial charge < -0.3 is 14.1 Å². The zero-order valence-electron chi connectivity index (χ0n) is 35.7. The first-order valence-electron chi connectivity index (χ1n) is 20.4. The molecule has 0 bridgehead atoms. The number of hydrogen-bond acceptors (Lipinski definition) is 0. The fourth-order valence-electron chi connectivity index (χ4n) is 8.55. The van der Waals surface area contributed by atoms with E-state index in [0.29, 0.717) is 0 Å². The van der Waals surface area contributed by atoms with E-state index in [1.807, 2.05) is 0 Å². The number of aromatic amines is 1. The summed E-state index contributed by atoms with van der Waals surface area (Å²) in [7, 11) is 0. The Morgan fingerprint density at radius 1 is 0.345 bits per heavy atom. The summed E-state index contributed by atoms with van der Waals surface area (Å²) >= 11 is 0. The van der Waals surface area contributed by atoms with Crippen LogP contribution in [0, 0.1) is 0 Å². The highest BCUT2D eigenvalue weighted by Gasteiger charge is 2.23. The van der Waals surface area contributed by atoms with Crippen LogP contribution in [-0.2, 0) is 21.7 Å². The molecule has 3 aromatic heterocycles. The largest absolute Gasteiger partial charge is 0.355 e. The Bertz CT molecular complexity index is 2710. The van der Waals surface area contributed by atoms with Crippen molar-refractivity contribution in [1.29, 1.82) is 0 Å². The van der Waals surface area contributed by atoms with E-state index in [1.165, 1.54) is 65.9 Å². The molecule has 6 aromatic carbocycles. The molecule has 3 heteroatoms. The van der Waals surface area contributed by atoms with Crippen molar-refractivity contribution in [2.45, 2.75) is 105 Å². The number of hydrogen-bond donors (Lipinski definition) is 1. The average molecular weight is 723 g/mol. The lowest BCUT2D eigenvalue weighted by atomic mass is 9.85. The minimum Gasteiger partial charge on any atom is -0.355 e. The lowest BCUT2D eigenvalue weighted by molar-refractivity contribution is 0.590. The van der Waals surface area contributed by atoms with Crippen LogP contribution in [0.25, 0.3) is 76.8 Å². The number of aromatic nitrogens is 3. The van der Waals surface area contributed by atoms with E-state index >= 15 is 0 Å². The second kappa shape index (κ2) is 11.6. The van der Waals surface area contributed by atoms with Gasteiger partial charge in [-0.3, -0.25) is 0 Å². The van der Waals surface area contributed by atoms with Crippen LogP contribution < -0.4 is 0 Å². The molecule has 0 aliphatic heterocycles. The summed E-state index contributed by atoms with van der Waals surface area (Å²) in [6.45, 7) is 27.5. The first-order valence-corrected chi connectivity index (χ1v) is 20.0. The van der Waals surface area contributed by atoms with Crippen molar-refractivity contribution < 1.29 is 1.41 Å². The van der Waals surface area contributed by atoms with Crippen molar-refractivity contribution in [3.8, 4) is 11.4 Å². The van der Waals surface area contributed by atoms with Crippen molar-refractivity contribution in [3.05, 3.63) is 131 Å². The molecule has 55 heavy (non-hydrogen) atoms. The van der Waals surface area contributed by atoms with Crippen LogP contribution in [0.1, 0.15) is 105 Å². The van der Waals surface area contributed by atoms with Gasteiger partial charge >= 0.3 is 0 Å². The molecule has 0 spiro atoms. The third-order valence-electron chi connectivity index (χ3n) is 12.0. The number of nitrogens with one attached hydrogen (secondary N) is 1. The maximum atomic E-state index is 9.26. The molecule has 1 N–H and O–H groups in total. The molecule has 0 amide bonds. The second-order valence-electron chi connectivity index (χ2n) is 20.1. The van der Waals surface area contributed by atoms with E-state index < -0.39 is 0 Å². The van der Waals surface area contributed by atoms with Gasteiger partial charge in [0, 0.05) is 54.7 Å². The Labute approximate surface area is 327 Å². The summed E-state index contributed by atoms with van der Waals surface area (Å²) in [5.41, 5.74) is 14.3. The Hall–Kier alpha value is -5.28. The molecule has 278 valence electrons. The predicted molar refractivity (Wildman–Crippen MR) is 239 cm³/mol. The standard InChI is InChI=1S/C52H55N3/c1-49(2,3)31-13-21-45-39(25-31)40-26-32(50(4,5)6)14-22-46(40)54(45)35-17-19-43-37(29-35)38-30-36(18-20-44(38)53-43)55-47-23-15-33(51(7,8)9)27-41(47)42-28-34(52(10,11)12)16-24-48(42)55/h13-30,53H,1-12H3/i/hD. The smallest absolute Gasteiger partial charge is 0.167 e. The molecular formula is C52H55N3. The molecule has 0 radical (unpaired) electrons. The third-order valence-corrected chi connectivity index (χ3v) is 12.0. The molecule has 3 nitrogen and oxygen atoms in total. The molecule has 0 aliphatic carbocycles. The van der Waals surface area contributed by atoms with Gasteiger partial charge in [0.05, 0.1) is 22.1 Å². The van der Waals surface area contributed by atoms with Gasteiger partial charge in [0.15, 0.2) is 1.41 Å². The highest BCUT2D eigenvalue weighted by atomic mass is 15.0.